The van der Waals surface area contributed by atoms with Crippen LogP contribution in [0.4, 0.5) is 14.5 Å². The molecule has 0 heterocycles. The van der Waals surface area contributed by atoms with Crippen LogP contribution in [0.15, 0.2) is 66.7 Å². The van der Waals surface area contributed by atoms with E-state index in [0.717, 1.165) is 17.7 Å². The lowest BCUT2D eigenvalue weighted by atomic mass is 10.0. The SMILES string of the molecule is O=C(Nc1cc(-c2ccccc2)ccc1C(=O)O)c1ccc(F)cc1F. The number of aromatic carboxylic acids is 1. The maximum Gasteiger partial charge on any atom is 0.337 e. The van der Waals surface area contributed by atoms with E-state index in [2.05, 4.69) is 5.32 Å². The number of carboxylic acids is 1. The van der Waals surface area contributed by atoms with Crippen molar-refractivity contribution in [2.24, 2.45) is 0 Å². The number of nitrogens with one attached hydrogen (secondary N) is 1. The molecule has 0 aromatic heterocycles. The molecule has 26 heavy (non-hydrogen) atoms. The number of carbonyl (C=O) groups excluding carboxylic acids is 1. The standard InChI is InChI=1S/C20H13F2NO3/c21-14-7-9-15(17(22)11-14)19(24)23-18-10-13(6-8-16(18)20(25)26)12-4-2-1-3-5-12/h1-11H,(H,23,24)(H,25,26). The van der Waals surface area contributed by atoms with Gasteiger partial charge < -0.3 is 10.4 Å². The fourth-order valence-electron chi connectivity index (χ4n) is 2.51. The predicted octanol–water partition coefficient (Wildman–Crippen LogP) is 4.58. The first-order chi connectivity index (χ1) is 12.5. The minimum atomic E-state index is -1.24. The molecule has 0 radical (unpaired) electrons. The highest BCUT2D eigenvalue weighted by Crippen LogP contribution is 2.26. The predicted molar refractivity (Wildman–Crippen MR) is 93.1 cm³/mol. The summed E-state index contributed by atoms with van der Waals surface area (Å²) >= 11 is 0. The van der Waals surface area contributed by atoms with E-state index in [1.807, 2.05) is 30.3 Å². The fraction of sp³-hybridized carbons (Fsp3) is 0. The summed E-state index contributed by atoms with van der Waals surface area (Å²) in [7, 11) is 0. The van der Waals surface area contributed by atoms with Crippen molar-refractivity contribution in [3.8, 4) is 11.1 Å². The summed E-state index contributed by atoms with van der Waals surface area (Å²) in [6.45, 7) is 0. The van der Waals surface area contributed by atoms with Crippen molar-refractivity contribution in [2.45, 2.75) is 0 Å². The lowest BCUT2D eigenvalue weighted by Crippen LogP contribution is -2.16. The third kappa shape index (κ3) is 3.59. The van der Waals surface area contributed by atoms with Crippen molar-refractivity contribution >= 4 is 17.6 Å². The highest BCUT2D eigenvalue weighted by atomic mass is 19.1. The lowest BCUT2D eigenvalue weighted by Gasteiger charge is -2.11. The first-order valence-electron chi connectivity index (χ1n) is 7.65. The average molecular weight is 353 g/mol. The van der Waals surface area contributed by atoms with Gasteiger partial charge in [0.1, 0.15) is 11.6 Å². The Kier molecular flexibility index (Phi) is 4.75. The molecule has 130 valence electrons. The quantitative estimate of drug-likeness (QED) is 0.721. The van der Waals surface area contributed by atoms with Gasteiger partial charge in [-0.05, 0) is 35.4 Å². The largest absolute Gasteiger partial charge is 0.478 e. The topological polar surface area (TPSA) is 66.4 Å². The summed E-state index contributed by atoms with van der Waals surface area (Å²) in [5.74, 6) is -3.94. The highest BCUT2D eigenvalue weighted by Gasteiger charge is 2.17. The van der Waals surface area contributed by atoms with Crippen LogP contribution in [0.1, 0.15) is 20.7 Å². The van der Waals surface area contributed by atoms with Gasteiger partial charge in [0.2, 0.25) is 0 Å². The second-order valence-electron chi connectivity index (χ2n) is 5.51. The van der Waals surface area contributed by atoms with Gasteiger partial charge in [0, 0.05) is 6.07 Å². The Labute approximate surface area is 147 Å². The summed E-state index contributed by atoms with van der Waals surface area (Å²) in [6, 6.07) is 16.2. The van der Waals surface area contributed by atoms with Gasteiger partial charge >= 0.3 is 5.97 Å². The molecule has 3 rings (SSSR count). The Hall–Kier alpha value is -3.54. The van der Waals surface area contributed by atoms with Crippen LogP contribution in [0.25, 0.3) is 11.1 Å². The zero-order chi connectivity index (χ0) is 18.7. The van der Waals surface area contributed by atoms with E-state index in [4.69, 9.17) is 0 Å². The second-order valence-corrected chi connectivity index (χ2v) is 5.51. The van der Waals surface area contributed by atoms with Crippen LogP contribution in [0.5, 0.6) is 0 Å². The molecule has 0 bridgehead atoms. The van der Waals surface area contributed by atoms with E-state index in [1.165, 1.54) is 12.1 Å². The number of amides is 1. The Morgan fingerprint density at radius 1 is 0.808 bits per heavy atom. The highest BCUT2D eigenvalue weighted by molar-refractivity contribution is 6.08. The molecule has 3 aromatic carbocycles. The Balaban J connectivity index is 1.99. The van der Waals surface area contributed by atoms with Crippen molar-refractivity contribution in [3.63, 3.8) is 0 Å². The number of hydrogen-bond donors (Lipinski definition) is 2. The van der Waals surface area contributed by atoms with Gasteiger partial charge in [-0.25, -0.2) is 13.6 Å². The Bertz CT molecular complexity index is 988. The van der Waals surface area contributed by atoms with Crippen molar-refractivity contribution in [2.75, 3.05) is 5.32 Å². The third-order valence-corrected chi connectivity index (χ3v) is 3.78. The number of anilines is 1. The smallest absolute Gasteiger partial charge is 0.337 e. The lowest BCUT2D eigenvalue weighted by molar-refractivity contribution is 0.0698. The molecule has 2 N–H and O–H groups in total. The summed E-state index contributed by atoms with van der Waals surface area (Å²) in [6.07, 6.45) is 0. The normalized spacial score (nSPS) is 10.4. The molecular formula is C20H13F2NO3. The number of carbonyl (C=O) groups is 2. The molecule has 4 nitrogen and oxygen atoms in total. The van der Waals surface area contributed by atoms with E-state index in [0.29, 0.717) is 11.6 Å². The average Bonchev–Trinajstić information content (AvgIpc) is 2.62. The van der Waals surface area contributed by atoms with Crippen LogP contribution in [0, 0.1) is 11.6 Å². The fourth-order valence-corrected chi connectivity index (χ4v) is 2.51. The van der Waals surface area contributed by atoms with Crippen LogP contribution in [0.3, 0.4) is 0 Å². The maximum absolute atomic E-state index is 13.8. The number of carboxylic acid groups (broad SMARTS) is 1. The zero-order valence-electron chi connectivity index (χ0n) is 13.4. The van der Waals surface area contributed by atoms with E-state index in [1.54, 1.807) is 6.07 Å². The number of benzene rings is 3. The van der Waals surface area contributed by atoms with Crippen LogP contribution in [-0.2, 0) is 0 Å². The molecule has 0 saturated heterocycles. The van der Waals surface area contributed by atoms with Crippen molar-refractivity contribution in [3.05, 3.63) is 89.5 Å². The van der Waals surface area contributed by atoms with Crippen molar-refractivity contribution < 1.29 is 23.5 Å². The molecular weight excluding hydrogens is 340 g/mol. The van der Waals surface area contributed by atoms with Gasteiger partial charge in [-0.15, -0.1) is 0 Å². The number of halogens is 2. The van der Waals surface area contributed by atoms with Gasteiger partial charge in [-0.2, -0.15) is 0 Å². The van der Waals surface area contributed by atoms with Crippen molar-refractivity contribution in [1.82, 2.24) is 0 Å². The number of hydrogen-bond acceptors (Lipinski definition) is 2. The molecule has 0 aliphatic heterocycles. The van der Waals surface area contributed by atoms with Gasteiger partial charge in [0.25, 0.3) is 5.91 Å². The molecule has 0 atom stereocenters. The second kappa shape index (κ2) is 7.14. The van der Waals surface area contributed by atoms with Gasteiger partial charge in [-0.3, -0.25) is 4.79 Å². The monoisotopic (exact) mass is 353 g/mol. The molecule has 6 heteroatoms. The first-order valence-corrected chi connectivity index (χ1v) is 7.65. The van der Waals surface area contributed by atoms with Crippen LogP contribution >= 0.6 is 0 Å². The van der Waals surface area contributed by atoms with E-state index < -0.39 is 23.5 Å². The first kappa shape index (κ1) is 17.3. The van der Waals surface area contributed by atoms with E-state index in [-0.39, 0.29) is 16.8 Å². The Morgan fingerprint density at radius 3 is 2.15 bits per heavy atom. The summed E-state index contributed by atoms with van der Waals surface area (Å²) < 4.78 is 26.8. The zero-order valence-corrected chi connectivity index (χ0v) is 13.4. The van der Waals surface area contributed by atoms with Crippen LogP contribution in [-0.4, -0.2) is 17.0 Å². The molecule has 0 fully saturated rings. The molecule has 0 saturated carbocycles. The van der Waals surface area contributed by atoms with E-state index >= 15 is 0 Å². The van der Waals surface area contributed by atoms with Crippen LogP contribution in [0.2, 0.25) is 0 Å². The molecule has 0 spiro atoms. The Morgan fingerprint density at radius 2 is 1.50 bits per heavy atom. The van der Waals surface area contributed by atoms with Gasteiger partial charge in [0.15, 0.2) is 0 Å². The number of rotatable bonds is 4. The van der Waals surface area contributed by atoms with E-state index in [9.17, 15) is 23.5 Å². The molecule has 0 unspecified atom stereocenters. The molecule has 1 amide bonds. The summed E-state index contributed by atoms with van der Waals surface area (Å²) in [4.78, 5) is 23.7. The minimum absolute atomic E-state index is 0.0209. The third-order valence-electron chi connectivity index (χ3n) is 3.78. The molecule has 3 aromatic rings. The summed E-state index contributed by atoms with van der Waals surface area (Å²) in [5, 5.41) is 11.7. The minimum Gasteiger partial charge on any atom is -0.478 e. The van der Waals surface area contributed by atoms with Gasteiger partial charge in [0.05, 0.1) is 16.8 Å². The molecule has 0 aliphatic rings. The maximum atomic E-state index is 13.8. The van der Waals surface area contributed by atoms with Crippen LogP contribution < -0.4 is 5.32 Å². The van der Waals surface area contributed by atoms with Gasteiger partial charge in [-0.1, -0.05) is 36.4 Å². The summed E-state index contributed by atoms with van der Waals surface area (Å²) in [5.41, 5.74) is 1.01. The molecule has 0 aliphatic carbocycles. The van der Waals surface area contributed by atoms with Crippen molar-refractivity contribution in [1.29, 1.82) is 0 Å².